The number of aromatic nitrogens is 1. The van der Waals surface area contributed by atoms with Crippen molar-refractivity contribution in [3.63, 3.8) is 0 Å². The van der Waals surface area contributed by atoms with E-state index in [0.717, 1.165) is 0 Å². The zero-order chi connectivity index (χ0) is 9.90. The fourth-order valence-corrected chi connectivity index (χ4v) is 0.717. The zero-order valence-corrected chi connectivity index (χ0v) is 7.57. The van der Waals surface area contributed by atoms with Crippen LogP contribution < -0.4 is 5.32 Å². The summed E-state index contributed by atoms with van der Waals surface area (Å²) < 4.78 is 4.49. The molecule has 72 valence electrons. The van der Waals surface area contributed by atoms with Crippen LogP contribution in [0.2, 0.25) is 0 Å². The number of nitrogens with one attached hydrogen (secondary N) is 1. The maximum atomic E-state index is 11.2. The second-order valence-corrected chi connectivity index (χ2v) is 3.38. The lowest BCUT2D eigenvalue weighted by molar-refractivity contribution is 0.0690. The minimum atomic E-state index is -0.917. The molecule has 0 unspecified atom stereocenters. The molecule has 0 aliphatic heterocycles. The van der Waals surface area contributed by atoms with Crippen molar-refractivity contribution in [1.82, 2.24) is 10.5 Å². The fraction of sp³-hybridized carbons (Fsp3) is 0.500. The van der Waals surface area contributed by atoms with Crippen molar-refractivity contribution in [2.45, 2.75) is 19.4 Å². The molecule has 0 aromatic carbocycles. The Morgan fingerprint density at radius 3 is 2.92 bits per heavy atom. The van der Waals surface area contributed by atoms with E-state index in [1.165, 1.54) is 12.3 Å². The summed E-state index contributed by atoms with van der Waals surface area (Å²) in [6.45, 7) is 3.39. The van der Waals surface area contributed by atoms with Crippen LogP contribution in [0.25, 0.3) is 0 Å². The van der Waals surface area contributed by atoms with Crippen LogP contribution in [0.15, 0.2) is 16.9 Å². The van der Waals surface area contributed by atoms with Gasteiger partial charge in [-0.05, 0) is 13.8 Å². The average molecular weight is 184 g/mol. The Balaban J connectivity index is 2.44. The van der Waals surface area contributed by atoms with Gasteiger partial charge in [-0.2, -0.15) is 0 Å². The van der Waals surface area contributed by atoms with Crippen molar-refractivity contribution in [2.75, 3.05) is 6.54 Å². The van der Waals surface area contributed by atoms with Crippen molar-refractivity contribution in [1.29, 1.82) is 0 Å². The number of nitrogens with zero attached hydrogens (tertiary/aromatic N) is 1. The van der Waals surface area contributed by atoms with Gasteiger partial charge in [-0.1, -0.05) is 5.16 Å². The molecule has 5 nitrogen and oxygen atoms in total. The minimum absolute atomic E-state index is 0.179. The Morgan fingerprint density at radius 1 is 1.77 bits per heavy atom. The lowest BCUT2D eigenvalue weighted by atomic mass is 10.1. The van der Waals surface area contributed by atoms with Gasteiger partial charge in [0.25, 0.3) is 5.91 Å². The van der Waals surface area contributed by atoms with E-state index in [1.54, 1.807) is 13.8 Å². The number of hydrogen-bond acceptors (Lipinski definition) is 4. The van der Waals surface area contributed by atoms with Gasteiger partial charge in [0, 0.05) is 12.6 Å². The molecule has 0 spiro atoms. The molecule has 0 saturated heterocycles. The van der Waals surface area contributed by atoms with Gasteiger partial charge >= 0.3 is 0 Å². The van der Waals surface area contributed by atoms with Crippen LogP contribution in [0.3, 0.4) is 0 Å². The predicted octanol–water partition coefficient (Wildman–Crippen LogP) is 0.175. The number of rotatable bonds is 3. The Morgan fingerprint density at radius 2 is 2.46 bits per heavy atom. The molecule has 2 N–H and O–H groups in total. The standard InChI is InChI=1S/C8H12N2O3/c1-8(2,12)5-9-7(11)6-3-4-13-10-6/h3-4,12H,5H2,1-2H3,(H,9,11). The highest BCUT2D eigenvalue weighted by Crippen LogP contribution is 1.99. The number of hydrogen-bond donors (Lipinski definition) is 2. The lowest BCUT2D eigenvalue weighted by Crippen LogP contribution is -2.38. The molecule has 1 rings (SSSR count). The Labute approximate surface area is 75.7 Å². The van der Waals surface area contributed by atoms with E-state index in [0.29, 0.717) is 0 Å². The number of aliphatic hydroxyl groups is 1. The highest BCUT2D eigenvalue weighted by atomic mass is 16.5. The second kappa shape index (κ2) is 3.57. The van der Waals surface area contributed by atoms with E-state index in [9.17, 15) is 9.90 Å². The number of carbonyl (C=O) groups excluding carboxylic acids is 1. The van der Waals surface area contributed by atoms with Gasteiger partial charge in [0.1, 0.15) is 6.26 Å². The minimum Gasteiger partial charge on any atom is -0.389 e. The first kappa shape index (κ1) is 9.73. The molecule has 0 saturated carbocycles. The number of amides is 1. The van der Waals surface area contributed by atoms with E-state index in [4.69, 9.17) is 0 Å². The molecule has 1 aromatic rings. The van der Waals surface area contributed by atoms with Gasteiger partial charge in [0.15, 0.2) is 5.69 Å². The highest BCUT2D eigenvalue weighted by Gasteiger charge is 2.15. The summed E-state index contributed by atoms with van der Waals surface area (Å²) in [5.41, 5.74) is -0.705. The normalized spacial score (nSPS) is 11.3. The van der Waals surface area contributed by atoms with Crippen molar-refractivity contribution < 1.29 is 14.4 Å². The van der Waals surface area contributed by atoms with Crippen LogP contribution in [0.5, 0.6) is 0 Å². The molecule has 5 heteroatoms. The van der Waals surface area contributed by atoms with Gasteiger partial charge < -0.3 is 14.9 Å². The summed E-state index contributed by atoms with van der Waals surface area (Å²) in [6, 6.07) is 1.46. The monoisotopic (exact) mass is 184 g/mol. The van der Waals surface area contributed by atoms with Gasteiger partial charge in [0.05, 0.1) is 5.60 Å². The third-order valence-corrected chi connectivity index (χ3v) is 1.35. The topological polar surface area (TPSA) is 75.4 Å². The Hall–Kier alpha value is -1.36. The highest BCUT2D eigenvalue weighted by molar-refractivity contribution is 5.91. The predicted molar refractivity (Wildman–Crippen MR) is 45.1 cm³/mol. The van der Waals surface area contributed by atoms with Crippen molar-refractivity contribution in [2.24, 2.45) is 0 Å². The fourth-order valence-electron chi connectivity index (χ4n) is 0.717. The molecule has 0 fully saturated rings. The Kier molecular flexibility index (Phi) is 2.67. The molecule has 0 aliphatic carbocycles. The third-order valence-electron chi connectivity index (χ3n) is 1.35. The SMILES string of the molecule is CC(C)(O)CNC(=O)c1ccon1. The first-order valence-corrected chi connectivity index (χ1v) is 3.90. The number of carbonyl (C=O) groups is 1. The summed E-state index contributed by atoms with van der Waals surface area (Å²) in [4.78, 5) is 11.2. The van der Waals surface area contributed by atoms with E-state index < -0.39 is 5.60 Å². The van der Waals surface area contributed by atoms with E-state index in [2.05, 4.69) is 15.0 Å². The summed E-state index contributed by atoms with van der Waals surface area (Å²) >= 11 is 0. The van der Waals surface area contributed by atoms with Gasteiger partial charge in [0.2, 0.25) is 0 Å². The summed E-state index contributed by atoms with van der Waals surface area (Å²) in [7, 11) is 0. The van der Waals surface area contributed by atoms with Gasteiger partial charge in [-0.3, -0.25) is 4.79 Å². The maximum absolute atomic E-state index is 11.2. The molecule has 1 aromatic heterocycles. The maximum Gasteiger partial charge on any atom is 0.273 e. The summed E-state index contributed by atoms with van der Waals surface area (Å²) in [5, 5.41) is 15.3. The molecule has 0 atom stereocenters. The molecule has 0 bridgehead atoms. The molecular weight excluding hydrogens is 172 g/mol. The second-order valence-electron chi connectivity index (χ2n) is 3.38. The largest absolute Gasteiger partial charge is 0.389 e. The Bertz CT molecular complexity index is 274. The molecule has 1 heterocycles. The molecule has 0 radical (unpaired) electrons. The molecule has 13 heavy (non-hydrogen) atoms. The average Bonchev–Trinajstić information content (AvgIpc) is 2.50. The summed E-state index contributed by atoms with van der Waals surface area (Å²) in [6.07, 6.45) is 1.32. The van der Waals surface area contributed by atoms with E-state index in [-0.39, 0.29) is 18.1 Å². The molecule has 1 amide bonds. The van der Waals surface area contributed by atoms with Crippen molar-refractivity contribution in [3.05, 3.63) is 18.0 Å². The van der Waals surface area contributed by atoms with Crippen LogP contribution >= 0.6 is 0 Å². The lowest BCUT2D eigenvalue weighted by Gasteiger charge is -2.16. The molecule has 0 aliphatic rings. The molecular formula is C8H12N2O3. The van der Waals surface area contributed by atoms with Gasteiger partial charge in [-0.25, -0.2) is 0 Å². The van der Waals surface area contributed by atoms with Crippen molar-refractivity contribution >= 4 is 5.91 Å². The smallest absolute Gasteiger partial charge is 0.273 e. The quantitative estimate of drug-likeness (QED) is 0.702. The third kappa shape index (κ3) is 3.25. The van der Waals surface area contributed by atoms with Crippen LogP contribution in [-0.4, -0.2) is 28.3 Å². The van der Waals surface area contributed by atoms with Crippen LogP contribution in [0.4, 0.5) is 0 Å². The summed E-state index contributed by atoms with van der Waals surface area (Å²) in [5.74, 6) is -0.351. The van der Waals surface area contributed by atoms with Crippen LogP contribution in [0.1, 0.15) is 24.3 Å². The zero-order valence-electron chi connectivity index (χ0n) is 7.57. The first-order valence-electron chi connectivity index (χ1n) is 3.90. The van der Waals surface area contributed by atoms with Crippen LogP contribution in [0, 0.1) is 0 Å². The van der Waals surface area contributed by atoms with Crippen LogP contribution in [-0.2, 0) is 0 Å². The van der Waals surface area contributed by atoms with Gasteiger partial charge in [-0.15, -0.1) is 0 Å². The van der Waals surface area contributed by atoms with Crippen molar-refractivity contribution in [3.8, 4) is 0 Å². The first-order chi connectivity index (χ1) is 5.99. The van der Waals surface area contributed by atoms with E-state index in [1.807, 2.05) is 0 Å². The van der Waals surface area contributed by atoms with E-state index >= 15 is 0 Å².